The monoisotopic (exact) mass is 234 g/mol. The molecule has 0 bridgehead atoms. The van der Waals surface area contributed by atoms with Gasteiger partial charge in [-0.3, -0.25) is 4.79 Å². The number of rotatable bonds is 4. The number of hydrogen-bond donors (Lipinski definition) is 1. The van der Waals surface area contributed by atoms with E-state index < -0.39 is 5.97 Å². The molecule has 1 N–H and O–H groups in total. The van der Waals surface area contributed by atoms with Gasteiger partial charge in [-0.15, -0.1) is 0 Å². The van der Waals surface area contributed by atoms with Crippen molar-refractivity contribution < 1.29 is 9.90 Å². The van der Waals surface area contributed by atoms with Crippen LogP contribution in [0.4, 0.5) is 0 Å². The van der Waals surface area contributed by atoms with Gasteiger partial charge in [-0.1, -0.05) is 52.0 Å². The maximum atomic E-state index is 11.0. The lowest BCUT2D eigenvalue weighted by atomic mass is 9.86. The summed E-state index contributed by atoms with van der Waals surface area (Å²) in [4.78, 5) is 11.0. The highest BCUT2D eigenvalue weighted by molar-refractivity contribution is 5.70. The van der Waals surface area contributed by atoms with Gasteiger partial charge < -0.3 is 5.11 Å². The smallest absolute Gasteiger partial charge is 0.306 e. The molecule has 94 valence electrons. The third-order valence-electron chi connectivity index (χ3n) is 3.14. The Morgan fingerprint density at radius 3 is 2.12 bits per heavy atom. The normalized spacial score (nSPS) is 13.4. The van der Waals surface area contributed by atoms with E-state index in [-0.39, 0.29) is 11.3 Å². The molecule has 2 heteroatoms. The van der Waals surface area contributed by atoms with Crippen molar-refractivity contribution in [2.24, 2.45) is 5.92 Å². The number of carbonyl (C=O) groups is 1. The molecule has 1 rings (SSSR count). The zero-order valence-corrected chi connectivity index (χ0v) is 11.2. The standard InChI is InChI=1S/C15H22O2/c1-5-12(14(16)17)10-11-6-8-13(9-7-11)15(2,3)4/h6-9,12H,5,10H2,1-4H3,(H,16,17). The highest BCUT2D eigenvalue weighted by Gasteiger charge is 2.17. The van der Waals surface area contributed by atoms with Crippen LogP contribution >= 0.6 is 0 Å². The molecule has 0 fully saturated rings. The average molecular weight is 234 g/mol. The van der Waals surface area contributed by atoms with E-state index >= 15 is 0 Å². The summed E-state index contributed by atoms with van der Waals surface area (Å²) in [5.74, 6) is -0.970. The van der Waals surface area contributed by atoms with Gasteiger partial charge in [-0.2, -0.15) is 0 Å². The minimum absolute atomic E-state index is 0.148. The Kier molecular flexibility index (Phi) is 4.33. The second-order valence-corrected chi connectivity index (χ2v) is 5.59. The Morgan fingerprint density at radius 1 is 1.24 bits per heavy atom. The van der Waals surface area contributed by atoms with Crippen LogP contribution in [0.25, 0.3) is 0 Å². The summed E-state index contributed by atoms with van der Waals surface area (Å²) < 4.78 is 0. The van der Waals surface area contributed by atoms with Gasteiger partial charge in [-0.05, 0) is 29.4 Å². The molecular formula is C15H22O2. The lowest BCUT2D eigenvalue weighted by Crippen LogP contribution is -2.15. The van der Waals surface area contributed by atoms with Crippen molar-refractivity contribution in [1.82, 2.24) is 0 Å². The quantitative estimate of drug-likeness (QED) is 0.863. The Bertz CT molecular complexity index is 371. The molecule has 1 aromatic rings. The summed E-state index contributed by atoms with van der Waals surface area (Å²) in [6.45, 7) is 8.44. The molecule has 0 heterocycles. The van der Waals surface area contributed by atoms with E-state index in [9.17, 15) is 4.79 Å². The van der Waals surface area contributed by atoms with E-state index in [2.05, 4.69) is 32.9 Å². The number of aliphatic carboxylic acids is 1. The summed E-state index contributed by atoms with van der Waals surface area (Å²) in [5, 5.41) is 9.02. The fraction of sp³-hybridized carbons (Fsp3) is 0.533. The molecular weight excluding hydrogens is 212 g/mol. The van der Waals surface area contributed by atoms with Crippen molar-refractivity contribution >= 4 is 5.97 Å². The van der Waals surface area contributed by atoms with Gasteiger partial charge in [0.2, 0.25) is 0 Å². The second-order valence-electron chi connectivity index (χ2n) is 5.59. The second kappa shape index (κ2) is 5.35. The van der Waals surface area contributed by atoms with E-state index in [4.69, 9.17) is 5.11 Å². The minimum atomic E-state index is -0.701. The summed E-state index contributed by atoms with van der Waals surface area (Å²) in [7, 11) is 0. The molecule has 0 aliphatic rings. The number of carboxylic acids is 1. The van der Waals surface area contributed by atoms with Gasteiger partial charge in [0.1, 0.15) is 0 Å². The molecule has 0 spiro atoms. The van der Waals surface area contributed by atoms with E-state index in [1.54, 1.807) is 0 Å². The Morgan fingerprint density at radius 2 is 1.76 bits per heavy atom. The topological polar surface area (TPSA) is 37.3 Å². The molecule has 1 atom stereocenters. The lowest BCUT2D eigenvalue weighted by Gasteiger charge is -2.19. The molecule has 1 unspecified atom stereocenters. The fourth-order valence-corrected chi connectivity index (χ4v) is 1.83. The van der Waals surface area contributed by atoms with Crippen molar-refractivity contribution in [3.05, 3.63) is 35.4 Å². The van der Waals surface area contributed by atoms with Gasteiger partial charge in [0.15, 0.2) is 0 Å². The molecule has 1 aromatic carbocycles. The predicted molar refractivity (Wildman–Crippen MR) is 70.3 cm³/mol. The average Bonchev–Trinajstić information content (AvgIpc) is 2.25. The van der Waals surface area contributed by atoms with Crippen LogP contribution in [0.3, 0.4) is 0 Å². The highest BCUT2D eigenvalue weighted by atomic mass is 16.4. The zero-order chi connectivity index (χ0) is 13.1. The van der Waals surface area contributed by atoms with Crippen molar-refractivity contribution in [3.8, 4) is 0 Å². The van der Waals surface area contributed by atoms with Crippen LogP contribution in [0.1, 0.15) is 45.2 Å². The van der Waals surface area contributed by atoms with Gasteiger partial charge in [-0.25, -0.2) is 0 Å². The number of hydrogen-bond acceptors (Lipinski definition) is 1. The molecule has 0 aliphatic heterocycles. The summed E-state index contributed by atoms with van der Waals surface area (Å²) in [6.07, 6.45) is 1.30. The summed E-state index contributed by atoms with van der Waals surface area (Å²) in [5.41, 5.74) is 2.53. The summed E-state index contributed by atoms with van der Waals surface area (Å²) >= 11 is 0. The largest absolute Gasteiger partial charge is 0.481 e. The first-order valence-corrected chi connectivity index (χ1v) is 6.16. The van der Waals surface area contributed by atoms with E-state index in [1.807, 2.05) is 19.1 Å². The Balaban J connectivity index is 2.78. The van der Waals surface area contributed by atoms with E-state index in [0.29, 0.717) is 12.8 Å². The van der Waals surface area contributed by atoms with Crippen LogP contribution in [-0.2, 0) is 16.6 Å². The maximum absolute atomic E-state index is 11.0. The predicted octanol–water partition coefficient (Wildman–Crippen LogP) is 3.64. The SMILES string of the molecule is CCC(Cc1ccc(C(C)(C)C)cc1)C(=O)O. The van der Waals surface area contributed by atoms with Crippen molar-refractivity contribution in [3.63, 3.8) is 0 Å². The molecule has 2 nitrogen and oxygen atoms in total. The molecule has 17 heavy (non-hydrogen) atoms. The van der Waals surface area contributed by atoms with Crippen molar-refractivity contribution in [2.75, 3.05) is 0 Å². The first kappa shape index (κ1) is 13.8. The van der Waals surface area contributed by atoms with Crippen LogP contribution < -0.4 is 0 Å². The van der Waals surface area contributed by atoms with E-state index in [0.717, 1.165) is 5.56 Å². The van der Waals surface area contributed by atoms with Gasteiger partial charge in [0, 0.05) is 0 Å². The van der Waals surface area contributed by atoms with Crippen LogP contribution in [-0.4, -0.2) is 11.1 Å². The minimum Gasteiger partial charge on any atom is -0.481 e. The third-order valence-corrected chi connectivity index (χ3v) is 3.14. The molecule has 0 saturated carbocycles. The van der Waals surface area contributed by atoms with Crippen LogP contribution in [0.5, 0.6) is 0 Å². The molecule has 0 saturated heterocycles. The maximum Gasteiger partial charge on any atom is 0.306 e. The van der Waals surface area contributed by atoms with Crippen molar-refractivity contribution in [1.29, 1.82) is 0 Å². The number of carboxylic acid groups (broad SMARTS) is 1. The molecule has 0 radical (unpaired) electrons. The Hall–Kier alpha value is -1.31. The van der Waals surface area contributed by atoms with Gasteiger partial charge >= 0.3 is 5.97 Å². The van der Waals surface area contributed by atoms with Crippen LogP contribution in [0.15, 0.2) is 24.3 Å². The fourth-order valence-electron chi connectivity index (χ4n) is 1.83. The number of benzene rings is 1. The highest BCUT2D eigenvalue weighted by Crippen LogP contribution is 2.23. The summed E-state index contributed by atoms with van der Waals surface area (Å²) in [6, 6.07) is 8.30. The van der Waals surface area contributed by atoms with Crippen molar-refractivity contribution in [2.45, 2.75) is 46.0 Å². The molecule has 0 aromatic heterocycles. The van der Waals surface area contributed by atoms with E-state index in [1.165, 1.54) is 5.56 Å². The lowest BCUT2D eigenvalue weighted by molar-refractivity contribution is -0.141. The van der Waals surface area contributed by atoms with Gasteiger partial charge in [0.05, 0.1) is 5.92 Å². The molecule has 0 aliphatic carbocycles. The Labute approximate surface area is 104 Å². The third kappa shape index (κ3) is 3.88. The first-order valence-electron chi connectivity index (χ1n) is 6.16. The molecule has 0 amide bonds. The first-order chi connectivity index (χ1) is 7.84. The van der Waals surface area contributed by atoms with Crippen LogP contribution in [0, 0.1) is 5.92 Å². The zero-order valence-electron chi connectivity index (χ0n) is 11.2. The van der Waals surface area contributed by atoms with Gasteiger partial charge in [0.25, 0.3) is 0 Å². The van der Waals surface area contributed by atoms with Crippen LogP contribution in [0.2, 0.25) is 0 Å².